The maximum atomic E-state index is 11.8. The second-order valence-corrected chi connectivity index (χ2v) is 5.75. The van der Waals surface area contributed by atoms with E-state index in [1.54, 1.807) is 0 Å². The van der Waals surface area contributed by atoms with E-state index in [2.05, 4.69) is 35.6 Å². The molecule has 1 unspecified atom stereocenters. The SMILES string of the molecule is O=C(NCC1(c2ccccc2)CCCCC1)C1CO1. The summed E-state index contributed by atoms with van der Waals surface area (Å²) in [6, 6.07) is 10.6. The Balaban J connectivity index is 1.74. The Morgan fingerprint density at radius 2 is 1.89 bits per heavy atom. The van der Waals surface area contributed by atoms with Crippen molar-refractivity contribution in [3.05, 3.63) is 35.9 Å². The molecule has 1 aromatic carbocycles. The topological polar surface area (TPSA) is 41.6 Å². The van der Waals surface area contributed by atoms with Crippen LogP contribution in [0.1, 0.15) is 37.7 Å². The zero-order valence-electron chi connectivity index (χ0n) is 11.2. The van der Waals surface area contributed by atoms with Crippen molar-refractivity contribution < 1.29 is 9.53 Å². The smallest absolute Gasteiger partial charge is 0.251 e. The van der Waals surface area contributed by atoms with Crippen LogP contribution in [0.4, 0.5) is 0 Å². The van der Waals surface area contributed by atoms with Crippen molar-refractivity contribution in [1.82, 2.24) is 5.32 Å². The number of amides is 1. The third kappa shape index (κ3) is 2.81. The van der Waals surface area contributed by atoms with Gasteiger partial charge in [-0.05, 0) is 18.4 Å². The second-order valence-electron chi connectivity index (χ2n) is 5.75. The average Bonchev–Trinajstić information content (AvgIpc) is 3.31. The largest absolute Gasteiger partial charge is 0.363 e. The molecule has 1 saturated carbocycles. The lowest BCUT2D eigenvalue weighted by Gasteiger charge is -2.38. The molecule has 3 heteroatoms. The van der Waals surface area contributed by atoms with Gasteiger partial charge in [-0.15, -0.1) is 0 Å². The molecule has 19 heavy (non-hydrogen) atoms. The maximum Gasteiger partial charge on any atom is 0.251 e. The fourth-order valence-electron chi connectivity index (χ4n) is 3.16. The van der Waals surface area contributed by atoms with Crippen LogP contribution in [-0.2, 0) is 14.9 Å². The molecule has 2 fully saturated rings. The number of hydrogen-bond donors (Lipinski definition) is 1. The van der Waals surface area contributed by atoms with E-state index in [1.165, 1.54) is 37.7 Å². The number of ether oxygens (including phenoxy) is 1. The number of nitrogens with one attached hydrogen (secondary N) is 1. The van der Waals surface area contributed by atoms with Crippen LogP contribution in [0.5, 0.6) is 0 Å². The van der Waals surface area contributed by atoms with Crippen LogP contribution in [0.15, 0.2) is 30.3 Å². The summed E-state index contributed by atoms with van der Waals surface area (Å²) in [6.07, 6.45) is 5.98. The lowest BCUT2D eigenvalue weighted by Crippen LogP contribution is -2.43. The minimum atomic E-state index is -0.184. The molecular formula is C16H21NO2. The van der Waals surface area contributed by atoms with E-state index < -0.39 is 0 Å². The van der Waals surface area contributed by atoms with E-state index >= 15 is 0 Å². The maximum absolute atomic E-state index is 11.8. The van der Waals surface area contributed by atoms with Crippen LogP contribution in [0.3, 0.4) is 0 Å². The highest BCUT2D eigenvalue weighted by atomic mass is 16.6. The molecule has 1 saturated heterocycles. The molecule has 0 aromatic heterocycles. The van der Waals surface area contributed by atoms with Crippen molar-refractivity contribution in [2.45, 2.75) is 43.6 Å². The monoisotopic (exact) mass is 259 g/mol. The third-order valence-corrected chi connectivity index (χ3v) is 4.42. The number of epoxide rings is 1. The van der Waals surface area contributed by atoms with Crippen LogP contribution in [0, 0.1) is 0 Å². The molecule has 1 heterocycles. The van der Waals surface area contributed by atoms with Crippen LogP contribution in [0.25, 0.3) is 0 Å². The first-order chi connectivity index (χ1) is 9.30. The molecule has 3 nitrogen and oxygen atoms in total. The molecule has 1 atom stereocenters. The lowest BCUT2D eigenvalue weighted by atomic mass is 9.69. The summed E-state index contributed by atoms with van der Waals surface area (Å²) in [6.45, 7) is 1.33. The molecule has 1 amide bonds. The molecule has 1 N–H and O–H groups in total. The Labute approximate surface area is 114 Å². The summed E-state index contributed by atoms with van der Waals surface area (Å²) >= 11 is 0. The first kappa shape index (κ1) is 12.7. The number of carbonyl (C=O) groups is 1. The summed E-state index contributed by atoms with van der Waals surface area (Å²) in [5, 5.41) is 3.09. The Morgan fingerprint density at radius 1 is 1.21 bits per heavy atom. The minimum absolute atomic E-state index is 0.0564. The van der Waals surface area contributed by atoms with Gasteiger partial charge in [0.25, 0.3) is 5.91 Å². The summed E-state index contributed by atoms with van der Waals surface area (Å²) in [7, 11) is 0. The highest BCUT2D eigenvalue weighted by Crippen LogP contribution is 2.38. The first-order valence-electron chi connectivity index (χ1n) is 7.25. The average molecular weight is 259 g/mol. The lowest BCUT2D eigenvalue weighted by molar-refractivity contribution is -0.122. The molecule has 102 valence electrons. The van der Waals surface area contributed by atoms with Gasteiger partial charge in [-0.25, -0.2) is 0 Å². The van der Waals surface area contributed by atoms with Crippen molar-refractivity contribution in [3.8, 4) is 0 Å². The van der Waals surface area contributed by atoms with Gasteiger partial charge < -0.3 is 10.1 Å². The van der Waals surface area contributed by atoms with Gasteiger partial charge >= 0.3 is 0 Å². The molecule has 1 aromatic rings. The van der Waals surface area contributed by atoms with Crippen molar-refractivity contribution in [1.29, 1.82) is 0 Å². The predicted molar refractivity (Wildman–Crippen MR) is 74.0 cm³/mol. The van der Waals surface area contributed by atoms with Crippen molar-refractivity contribution in [2.75, 3.05) is 13.2 Å². The zero-order chi connectivity index (χ0) is 13.1. The van der Waals surface area contributed by atoms with Gasteiger partial charge in [0.1, 0.15) is 0 Å². The fourth-order valence-corrected chi connectivity index (χ4v) is 3.16. The standard InChI is InChI=1S/C16H21NO2/c18-15(14-11-19-14)17-12-16(9-5-2-6-10-16)13-7-3-1-4-8-13/h1,3-4,7-8,14H,2,5-6,9-12H2,(H,17,18). The molecule has 0 spiro atoms. The van der Waals surface area contributed by atoms with Crippen molar-refractivity contribution in [2.24, 2.45) is 0 Å². The number of hydrogen-bond acceptors (Lipinski definition) is 2. The quantitative estimate of drug-likeness (QED) is 0.844. The van der Waals surface area contributed by atoms with Crippen LogP contribution < -0.4 is 5.32 Å². The van der Waals surface area contributed by atoms with Crippen molar-refractivity contribution >= 4 is 5.91 Å². The third-order valence-electron chi connectivity index (χ3n) is 4.42. The number of benzene rings is 1. The van der Waals surface area contributed by atoms with E-state index in [0.29, 0.717) is 6.61 Å². The van der Waals surface area contributed by atoms with Gasteiger partial charge in [0.15, 0.2) is 6.10 Å². The second kappa shape index (κ2) is 5.33. The highest BCUT2D eigenvalue weighted by Gasteiger charge is 2.37. The summed E-state index contributed by atoms with van der Waals surface area (Å²) in [4.78, 5) is 11.8. The van der Waals surface area contributed by atoms with Crippen LogP contribution in [-0.4, -0.2) is 25.2 Å². The summed E-state index contributed by atoms with van der Waals surface area (Å²) in [5.41, 5.74) is 1.50. The van der Waals surface area contributed by atoms with Gasteiger partial charge in [-0.2, -0.15) is 0 Å². The Bertz CT molecular complexity index is 433. The van der Waals surface area contributed by atoms with Gasteiger partial charge in [-0.3, -0.25) is 4.79 Å². The fraction of sp³-hybridized carbons (Fsp3) is 0.562. The Morgan fingerprint density at radius 3 is 2.53 bits per heavy atom. The first-order valence-corrected chi connectivity index (χ1v) is 7.25. The van der Waals surface area contributed by atoms with Crippen LogP contribution in [0.2, 0.25) is 0 Å². The minimum Gasteiger partial charge on any atom is -0.363 e. The van der Waals surface area contributed by atoms with E-state index in [9.17, 15) is 4.79 Å². The molecule has 0 bridgehead atoms. The molecule has 1 aliphatic heterocycles. The number of rotatable bonds is 4. The normalized spacial score (nSPS) is 24.7. The Kier molecular flexibility index (Phi) is 3.56. The van der Waals surface area contributed by atoms with E-state index in [-0.39, 0.29) is 17.4 Å². The van der Waals surface area contributed by atoms with E-state index in [0.717, 1.165) is 6.54 Å². The molecule has 3 rings (SSSR count). The molecule has 2 aliphatic rings. The predicted octanol–water partition coefficient (Wildman–Crippen LogP) is 2.40. The summed E-state index contributed by atoms with van der Waals surface area (Å²) < 4.78 is 5.04. The van der Waals surface area contributed by atoms with Gasteiger partial charge in [0, 0.05) is 12.0 Å². The van der Waals surface area contributed by atoms with Gasteiger partial charge in [0.05, 0.1) is 6.61 Å². The highest BCUT2D eigenvalue weighted by molar-refractivity contribution is 5.82. The van der Waals surface area contributed by atoms with E-state index in [1.807, 2.05) is 0 Å². The number of carbonyl (C=O) groups excluding carboxylic acids is 1. The van der Waals surface area contributed by atoms with Crippen LogP contribution >= 0.6 is 0 Å². The van der Waals surface area contributed by atoms with Gasteiger partial charge in [0.2, 0.25) is 0 Å². The molecular weight excluding hydrogens is 238 g/mol. The molecule has 1 aliphatic carbocycles. The van der Waals surface area contributed by atoms with Crippen molar-refractivity contribution in [3.63, 3.8) is 0 Å². The molecule has 0 radical (unpaired) electrons. The Hall–Kier alpha value is -1.35. The summed E-state index contributed by atoms with van der Waals surface area (Å²) in [5.74, 6) is 0.0564. The van der Waals surface area contributed by atoms with Gasteiger partial charge in [-0.1, -0.05) is 49.6 Å². The van der Waals surface area contributed by atoms with E-state index in [4.69, 9.17) is 4.74 Å². The zero-order valence-corrected chi connectivity index (χ0v) is 11.2.